The summed E-state index contributed by atoms with van der Waals surface area (Å²) in [6.45, 7) is 0.195. The molecule has 1 aromatic carbocycles. The first-order valence-electron chi connectivity index (χ1n) is 5.68. The molecule has 0 bridgehead atoms. The van der Waals surface area contributed by atoms with E-state index in [4.69, 9.17) is 0 Å². The van der Waals surface area contributed by atoms with Gasteiger partial charge in [0, 0.05) is 18.8 Å². The summed E-state index contributed by atoms with van der Waals surface area (Å²) in [7, 11) is 0. The summed E-state index contributed by atoms with van der Waals surface area (Å²) in [5.41, 5.74) is 0.810. The number of urea groups is 1. The van der Waals surface area contributed by atoms with E-state index in [9.17, 15) is 18.4 Å². The maximum absolute atomic E-state index is 11.9. The van der Waals surface area contributed by atoms with Crippen molar-refractivity contribution in [3.05, 3.63) is 29.8 Å². The molecular weight excluding hydrogens is 258 g/mol. The predicted octanol–water partition coefficient (Wildman–Crippen LogP) is 1.64. The number of nitrogens with one attached hydrogen (secondary N) is 1. The Bertz CT molecular complexity index is 476. The fraction of sp³-hybridized carbons (Fsp3) is 0.333. The van der Waals surface area contributed by atoms with E-state index < -0.39 is 19.0 Å². The highest BCUT2D eigenvalue weighted by atomic mass is 19.3. The maximum atomic E-state index is 11.9. The van der Waals surface area contributed by atoms with E-state index in [0.717, 1.165) is 0 Å². The van der Waals surface area contributed by atoms with Crippen LogP contribution in [-0.4, -0.2) is 38.1 Å². The molecule has 102 valence electrons. The summed E-state index contributed by atoms with van der Waals surface area (Å²) in [4.78, 5) is 24.3. The number of amides is 2. The zero-order valence-corrected chi connectivity index (χ0v) is 9.94. The Morgan fingerprint density at radius 2 is 2.05 bits per heavy atom. The van der Waals surface area contributed by atoms with Crippen molar-refractivity contribution in [2.24, 2.45) is 0 Å². The molecular formula is C12H12F2N2O3. The molecule has 1 aliphatic heterocycles. The van der Waals surface area contributed by atoms with E-state index in [1.807, 2.05) is 0 Å². The molecule has 1 fully saturated rings. The lowest BCUT2D eigenvalue weighted by Crippen LogP contribution is -2.27. The lowest BCUT2D eigenvalue weighted by Gasteiger charge is -2.14. The molecule has 1 N–H and O–H groups in total. The fourth-order valence-corrected chi connectivity index (χ4v) is 1.72. The predicted molar refractivity (Wildman–Crippen MR) is 63.5 cm³/mol. The van der Waals surface area contributed by atoms with Crippen molar-refractivity contribution < 1.29 is 23.1 Å². The molecule has 1 aliphatic rings. The van der Waals surface area contributed by atoms with Gasteiger partial charge in [-0.1, -0.05) is 0 Å². The van der Waals surface area contributed by atoms with Gasteiger partial charge in [-0.2, -0.15) is 0 Å². The first-order valence-corrected chi connectivity index (χ1v) is 5.68. The van der Waals surface area contributed by atoms with Crippen molar-refractivity contribution in [2.75, 3.05) is 24.6 Å². The van der Waals surface area contributed by atoms with Gasteiger partial charge in [0.15, 0.2) is 6.61 Å². The third-order valence-corrected chi connectivity index (χ3v) is 2.61. The van der Waals surface area contributed by atoms with Gasteiger partial charge < -0.3 is 10.1 Å². The minimum Gasteiger partial charge on any atom is -0.456 e. The second kappa shape index (κ2) is 5.64. The number of carbonyl (C=O) groups excluding carboxylic acids is 2. The molecule has 0 aromatic heterocycles. The molecule has 0 unspecified atom stereocenters. The molecule has 1 saturated heterocycles. The third-order valence-electron chi connectivity index (χ3n) is 2.61. The Morgan fingerprint density at radius 3 is 2.58 bits per heavy atom. The molecule has 19 heavy (non-hydrogen) atoms. The van der Waals surface area contributed by atoms with E-state index in [-0.39, 0.29) is 11.6 Å². The maximum Gasteiger partial charge on any atom is 0.338 e. The van der Waals surface area contributed by atoms with Crippen LogP contribution in [0.3, 0.4) is 0 Å². The Morgan fingerprint density at radius 1 is 1.37 bits per heavy atom. The summed E-state index contributed by atoms with van der Waals surface area (Å²) in [6, 6.07) is 5.82. The number of ether oxygens (including phenoxy) is 1. The fourth-order valence-electron chi connectivity index (χ4n) is 1.72. The van der Waals surface area contributed by atoms with Crippen LogP contribution in [0.5, 0.6) is 0 Å². The van der Waals surface area contributed by atoms with Gasteiger partial charge in [-0.3, -0.25) is 4.90 Å². The quantitative estimate of drug-likeness (QED) is 0.846. The normalized spacial score (nSPS) is 14.7. The molecule has 2 amide bonds. The van der Waals surface area contributed by atoms with Gasteiger partial charge in [0.2, 0.25) is 0 Å². The molecule has 0 radical (unpaired) electrons. The molecule has 2 rings (SSSR count). The number of esters is 1. The first kappa shape index (κ1) is 13.3. The molecule has 1 aromatic rings. The summed E-state index contributed by atoms with van der Waals surface area (Å²) in [6.07, 6.45) is -2.68. The minimum atomic E-state index is -2.68. The van der Waals surface area contributed by atoms with Gasteiger partial charge >= 0.3 is 12.0 Å². The van der Waals surface area contributed by atoms with Crippen molar-refractivity contribution in [2.45, 2.75) is 6.43 Å². The summed E-state index contributed by atoms with van der Waals surface area (Å²) >= 11 is 0. The van der Waals surface area contributed by atoms with Crippen LogP contribution >= 0.6 is 0 Å². The number of rotatable bonds is 4. The van der Waals surface area contributed by atoms with Crippen LogP contribution in [0.2, 0.25) is 0 Å². The SMILES string of the molecule is O=C(OCC(F)F)c1ccc(N2CCNC2=O)cc1. The number of anilines is 1. The Hall–Kier alpha value is -2.18. The zero-order valence-electron chi connectivity index (χ0n) is 9.94. The monoisotopic (exact) mass is 270 g/mol. The highest BCUT2D eigenvalue weighted by Crippen LogP contribution is 2.17. The number of halogens is 2. The summed E-state index contributed by atoms with van der Waals surface area (Å²) in [5.74, 6) is -0.808. The van der Waals surface area contributed by atoms with Gasteiger partial charge in [-0.05, 0) is 24.3 Å². The van der Waals surface area contributed by atoms with Crippen LogP contribution in [0.1, 0.15) is 10.4 Å². The highest BCUT2D eigenvalue weighted by molar-refractivity contribution is 5.95. The van der Waals surface area contributed by atoms with Gasteiger partial charge in [-0.25, -0.2) is 18.4 Å². The summed E-state index contributed by atoms with van der Waals surface area (Å²) < 4.78 is 28.2. The number of alkyl halides is 2. The van der Waals surface area contributed by atoms with E-state index in [2.05, 4.69) is 10.1 Å². The van der Waals surface area contributed by atoms with Crippen molar-refractivity contribution in [1.29, 1.82) is 0 Å². The van der Waals surface area contributed by atoms with Crippen LogP contribution < -0.4 is 10.2 Å². The van der Waals surface area contributed by atoms with Gasteiger partial charge in [0.25, 0.3) is 6.43 Å². The van der Waals surface area contributed by atoms with Crippen molar-refractivity contribution in [1.82, 2.24) is 5.32 Å². The topological polar surface area (TPSA) is 58.6 Å². The number of benzene rings is 1. The van der Waals surface area contributed by atoms with Crippen molar-refractivity contribution in [3.63, 3.8) is 0 Å². The standard InChI is InChI=1S/C12H12F2N2O3/c13-10(14)7-19-11(17)8-1-3-9(4-2-8)16-6-5-15-12(16)18/h1-4,10H,5-7H2,(H,15,18). The van der Waals surface area contributed by atoms with Gasteiger partial charge in [0.05, 0.1) is 5.56 Å². The number of hydrogen-bond donors (Lipinski definition) is 1. The van der Waals surface area contributed by atoms with Crippen LogP contribution in [-0.2, 0) is 4.74 Å². The Balaban J connectivity index is 2.02. The minimum absolute atomic E-state index is 0.170. The van der Waals surface area contributed by atoms with Crippen molar-refractivity contribution >= 4 is 17.7 Å². The van der Waals surface area contributed by atoms with Crippen LogP contribution in [0.4, 0.5) is 19.3 Å². The summed E-state index contributed by atoms with van der Waals surface area (Å²) in [5, 5.41) is 2.65. The Labute approximate surface area is 108 Å². The van der Waals surface area contributed by atoms with Crippen LogP contribution in [0, 0.1) is 0 Å². The second-order valence-corrected chi connectivity index (χ2v) is 3.92. The largest absolute Gasteiger partial charge is 0.456 e. The smallest absolute Gasteiger partial charge is 0.338 e. The van der Waals surface area contributed by atoms with Crippen LogP contribution in [0.15, 0.2) is 24.3 Å². The average Bonchev–Trinajstić information content (AvgIpc) is 2.82. The van der Waals surface area contributed by atoms with E-state index >= 15 is 0 Å². The molecule has 0 spiro atoms. The molecule has 5 nitrogen and oxygen atoms in total. The van der Waals surface area contributed by atoms with Crippen LogP contribution in [0.25, 0.3) is 0 Å². The molecule has 0 saturated carbocycles. The molecule has 7 heteroatoms. The van der Waals surface area contributed by atoms with E-state index in [1.165, 1.54) is 17.0 Å². The average molecular weight is 270 g/mol. The second-order valence-electron chi connectivity index (χ2n) is 3.92. The molecule has 1 heterocycles. The lowest BCUT2D eigenvalue weighted by molar-refractivity contribution is 0.0160. The van der Waals surface area contributed by atoms with Crippen molar-refractivity contribution in [3.8, 4) is 0 Å². The van der Waals surface area contributed by atoms with Gasteiger partial charge in [0.1, 0.15) is 0 Å². The lowest BCUT2D eigenvalue weighted by atomic mass is 10.2. The number of hydrogen-bond acceptors (Lipinski definition) is 3. The molecule has 0 aliphatic carbocycles. The van der Waals surface area contributed by atoms with E-state index in [1.54, 1.807) is 12.1 Å². The highest BCUT2D eigenvalue weighted by Gasteiger charge is 2.21. The van der Waals surface area contributed by atoms with Gasteiger partial charge in [-0.15, -0.1) is 0 Å². The van der Waals surface area contributed by atoms with E-state index in [0.29, 0.717) is 18.8 Å². The molecule has 0 atom stereocenters. The number of nitrogens with zero attached hydrogens (tertiary/aromatic N) is 1. The third kappa shape index (κ3) is 3.18. The Kier molecular flexibility index (Phi) is 3.94. The zero-order chi connectivity index (χ0) is 13.8. The first-order chi connectivity index (χ1) is 9.08. The number of carbonyl (C=O) groups is 2.